The number of carbonyl (C=O) groups excluding carboxylic acids is 1. The summed E-state index contributed by atoms with van der Waals surface area (Å²) in [5, 5.41) is 10.5. The molecule has 162 valence electrons. The molecule has 3 aromatic rings. The number of benzene rings is 1. The molecule has 1 atom stereocenters. The van der Waals surface area contributed by atoms with E-state index in [0.29, 0.717) is 16.8 Å². The number of hydrogen-bond acceptors (Lipinski definition) is 7. The summed E-state index contributed by atoms with van der Waals surface area (Å²) in [5.74, 6) is -1.10. The Bertz CT molecular complexity index is 1330. The molecule has 0 aliphatic carbocycles. The van der Waals surface area contributed by atoms with Crippen molar-refractivity contribution in [2.24, 2.45) is 12.8 Å². The molecule has 0 fully saturated rings. The number of nitrogens with two attached hydrogens (primary N) is 1. The minimum atomic E-state index is -4.15. The van der Waals surface area contributed by atoms with Gasteiger partial charge < -0.3 is 9.30 Å². The fraction of sp³-hybridized carbons (Fsp3) is 0.318. The van der Waals surface area contributed by atoms with Crippen LogP contribution in [0.3, 0.4) is 0 Å². The van der Waals surface area contributed by atoms with Crippen molar-refractivity contribution in [1.82, 2.24) is 9.55 Å². The van der Waals surface area contributed by atoms with Crippen molar-refractivity contribution >= 4 is 26.7 Å². The van der Waals surface area contributed by atoms with Crippen molar-refractivity contribution in [3.05, 3.63) is 53.9 Å². The van der Waals surface area contributed by atoms with E-state index >= 15 is 0 Å². The molecule has 2 N–H and O–H groups in total. The summed E-state index contributed by atoms with van der Waals surface area (Å²) < 4.78 is 32.4. The van der Waals surface area contributed by atoms with E-state index in [1.807, 2.05) is 28.8 Å². The quantitative estimate of drug-likeness (QED) is 0.618. The fourth-order valence-electron chi connectivity index (χ4n) is 3.45. The number of pyridine rings is 1. The fourth-order valence-corrected chi connectivity index (χ4v) is 4.34. The zero-order valence-corrected chi connectivity index (χ0v) is 18.8. The smallest absolute Gasteiger partial charge is 0.347 e. The summed E-state index contributed by atoms with van der Waals surface area (Å²) in [6.07, 6.45) is 3.60. The Morgan fingerprint density at radius 2 is 1.87 bits per heavy atom. The average molecular weight is 441 g/mol. The molecular weight excluding hydrogens is 416 g/mol. The molecule has 0 amide bonds. The molecule has 0 radical (unpaired) electrons. The van der Waals surface area contributed by atoms with E-state index < -0.39 is 26.3 Å². The largest absolute Gasteiger partial charge is 0.458 e. The van der Waals surface area contributed by atoms with Crippen molar-refractivity contribution in [2.45, 2.75) is 31.2 Å². The number of aromatic nitrogens is 2. The predicted molar refractivity (Wildman–Crippen MR) is 117 cm³/mol. The van der Waals surface area contributed by atoms with Crippen molar-refractivity contribution in [1.29, 1.82) is 5.26 Å². The molecular formula is C22H24N4O4S. The SMILES string of the molecule is Cn1c(-c2cncc(C(N)(C(=O)OC(C)(C)C)S(C)(=O)=O)c2)c(C#N)c2ccccc21. The Kier molecular flexibility index (Phi) is 5.42. The van der Waals surface area contributed by atoms with Crippen LogP contribution in [0.4, 0.5) is 0 Å². The summed E-state index contributed by atoms with van der Waals surface area (Å²) in [6, 6.07) is 11.1. The van der Waals surface area contributed by atoms with Crippen molar-refractivity contribution in [3.63, 3.8) is 0 Å². The highest BCUT2D eigenvalue weighted by Gasteiger charge is 2.49. The highest BCUT2D eigenvalue weighted by molar-refractivity contribution is 7.92. The van der Waals surface area contributed by atoms with Gasteiger partial charge in [0.25, 0.3) is 0 Å². The number of nitriles is 1. The molecule has 8 nitrogen and oxygen atoms in total. The van der Waals surface area contributed by atoms with E-state index in [2.05, 4.69) is 11.1 Å². The van der Waals surface area contributed by atoms with E-state index in [1.54, 1.807) is 27.8 Å². The van der Waals surface area contributed by atoms with E-state index in [-0.39, 0.29) is 5.56 Å². The molecule has 2 aromatic heterocycles. The Labute approximate surface area is 181 Å². The highest BCUT2D eigenvalue weighted by atomic mass is 32.2. The summed E-state index contributed by atoms with van der Waals surface area (Å²) in [5.41, 5.74) is 7.45. The molecule has 3 rings (SSSR count). The molecule has 2 heterocycles. The van der Waals surface area contributed by atoms with Crippen molar-refractivity contribution in [3.8, 4) is 17.3 Å². The molecule has 9 heteroatoms. The lowest BCUT2D eigenvalue weighted by atomic mass is 10.0. The zero-order valence-electron chi connectivity index (χ0n) is 18.0. The van der Waals surface area contributed by atoms with Crippen LogP contribution >= 0.6 is 0 Å². The molecule has 1 aromatic carbocycles. The van der Waals surface area contributed by atoms with Gasteiger partial charge in [0, 0.05) is 47.7 Å². The van der Waals surface area contributed by atoms with Gasteiger partial charge in [-0.2, -0.15) is 5.26 Å². The van der Waals surface area contributed by atoms with E-state index in [9.17, 15) is 18.5 Å². The Hall–Kier alpha value is -3.22. The Balaban J connectivity index is 2.26. The number of fused-ring (bicyclic) bond motifs is 1. The first-order chi connectivity index (χ1) is 14.3. The van der Waals surface area contributed by atoms with E-state index in [0.717, 1.165) is 17.2 Å². The van der Waals surface area contributed by atoms with E-state index in [4.69, 9.17) is 10.5 Å². The molecule has 0 aliphatic rings. The second-order valence-electron chi connectivity index (χ2n) is 8.38. The number of aryl methyl sites for hydroxylation is 1. The van der Waals surface area contributed by atoms with Gasteiger partial charge in [0.1, 0.15) is 11.7 Å². The van der Waals surface area contributed by atoms with Crippen LogP contribution < -0.4 is 5.73 Å². The Morgan fingerprint density at radius 1 is 1.23 bits per heavy atom. The first-order valence-electron chi connectivity index (χ1n) is 9.46. The van der Waals surface area contributed by atoms with Crippen LogP contribution in [-0.2, 0) is 31.3 Å². The van der Waals surface area contributed by atoms with Gasteiger partial charge in [0.15, 0.2) is 9.84 Å². The van der Waals surface area contributed by atoms with Gasteiger partial charge in [-0.15, -0.1) is 0 Å². The summed E-state index contributed by atoms with van der Waals surface area (Å²) in [6.45, 7) is 4.87. The normalized spacial score (nSPS) is 14.1. The third-order valence-corrected chi connectivity index (χ3v) is 6.52. The van der Waals surface area contributed by atoms with Gasteiger partial charge in [0.2, 0.25) is 4.87 Å². The monoisotopic (exact) mass is 440 g/mol. The lowest BCUT2D eigenvalue weighted by Gasteiger charge is -2.30. The third kappa shape index (κ3) is 3.80. The molecule has 0 saturated carbocycles. The molecule has 0 saturated heterocycles. The van der Waals surface area contributed by atoms with Gasteiger partial charge in [-0.25, -0.2) is 13.2 Å². The van der Waals surface area contributed by atoms with Crippen LogP contribution in [0.1, 0.15) is 31.9 Å². The lowest BCUT2D eigenvalue weighted by molar-refractivity contribution is -0.158. The first kappa shape index (κ1) is 22.5. The van der Waals surface area contributed by atoms with Gasteiger partial charge in [-0.05, 0) is 32.9 Å². The molecule has 31 heavy (non-hydrogen) atoms. The topological polar surface area (TPSA) is 128 Å². The second-order valence-corrected chi connectivity index (χ2v) is 10.6. The summed E-state index contributed by atoms with van der Waals surface area (Å²) >= 11 is 0. The molecule has 0 spiro atoms. The lowest BCUT2D eigenvalue weighted by Crippen LogP contribution is -2.53. The standard InChI is InChI=1S/C22H24N4O4S/c1-21(2,3)30-20(27)22(24,31(5,28)29)15-10-14(12-25-13-15)19-17(11-23)16-8-6-7-9-18(16)26(19)4/h6-10,12-13H,24H2,1-5H3. The number of esters is 1. The number of ether oxygens (including phenoxy) is 1. The first-order valence-corrected chi connectivity index (χ1v) is 11.4. The van der Waals surface area contributed by atoms with Crippen molar-refractivity contribution in [2.75, 3.05) is 6.26 Å². The maximum absolute atomic E-state index is 12.9. The van der Waals surface area contributed by atoms with Crippen LogP contribution in [-0.4, -0.2) is 35.8 Å². The predicted octanol–water partition coefficient (Wildman–Crippen LogP) is 2.61. The van der Waals surface area contributed by atoms with Crippen LogP contribution in [0.5, 0.6) is 0 Å². The average Bonchev–Trinajstić information content (AvgIpc) is 2.97. The maximum atomic E-state index is 12.9. The van der Waals surface area contributed by atoms with Crippen LogP contribution in [0.2, 0.25) is 0 Å². The molecule has 1 unspecified atom stereocenters. The van der Waals surface area contributed by atoms with Gasteiger partial charge in [-0.3, -0.25) is 10.7 Å². The molecule has 0 bridgehead atoms. The highest BCUT2D eigenvalue weighted by Crippen LogP contribution is 2.35. The van der Waals surface area contributed by atoms with Crippen LogP contribution in [0.25, 0.3) is 22.2 Å². The van der Waals surface area contributed by atoms with Crippen LogP contribution in [0.15, 0.2) is 42.7 Å². The number of sulfone groups is 1. The number of carbonyl (C=O) groups is 1. The number of hydrogen-bond donors (Lipinski definition) is 1. The molecule has 0 aliphatic heterocycles. The summed E-state index contributed by atoms with van der Waals surface area (Å²) in [4.78, 5) is 14.6. The maximum Gasteiger partial charge on any atom is 0.347 e. The second kappa shape index (κ2) is 7.48. The third-order valence-electron chi connectivity index (χ3n) is 4.95. The zero-order chi connectivity index (χ0) is 23.2. The summed E-state index contributed by atoms with van der Waals surface area (Å²) in [7, 11) is -2.35. The van der Waals surface area contributed by atoms with Gasteiger partial charge >= 0.3 is 5.97 Å². The number of nitrogens with zero attached hydrogens (tertiary/aromatic N) is 3. The Morgan fingerprint density at radius 3 is 2.45 bits per heavy atom. The van der Waals surface area contributed by atoms with Crippen LogP contribution in [0, 0.1) is 11.3 Å². The minimum absolute atomic E-state index is 0.0455. The van der Waals surface area contributed by atoms with Gasteiger partial charge in [-0.1, -0.05) is 18.2 Å². The van der Waals surface area contributed by atoms with Crippen molar-refractivity contribution < 1.29 is 17.9 Å². The number of para-hydroxylation sites is 1. The minimum Gasteiger partial charge on any atom is -0.458 e. The number of rotatable bonds is 4. The van der Waals surface area contributed by atoms with Gasteiger partial charge in [0.05, 0.1) is 11.3 Å². The van der Waals surface area contributed by atoms with E-state index in [1.165, 1.54) is 18.5 Å².